The molecule has 2 rings (SSSR count). The molecule has 0 bridgehead atoms. The molecule has 24 heavy (non-hydrogen) atoms. The molecular formula is C20H25NO3. The molecule has 2 aromatic rings. The lowest BCUT2D eigenvalue weighted by molar-refractivity contribution is 0.0813. The number of ether oxygens (including phenoxy) is 1. The number of carbonyl (C=O) groups excluding carboxylic acids is 1. The van der Waals surface area contributed by atoms with Crippen molar-refractivity contribution in [2.45, 2.75) is 18.9 Å². The monoisotopic (exact) mass is 327 g/mol. The number of aliphatic hydroxyl groups is 1. The van der Waals surface area contributed by atoms with E-state index in [4.69, 9.17) is 4.74 Å². The SMILES string of the molecule is CN(C)CC(O)COc1ccccc1C(=O)CCc1ccccc1. The number of aryl methyl sites for hydroxylation is 1. The fourth-order valence-electron chi connectivity index (χ4n) is 2.52. The molecular weight excluding hydrogens is 302 g/mol. The van der Waals surface area contributed by atoms with E-state index in [0.717, 1.165) is 5.56 Å². The van der Waals surface area contributed by atoms with E-state index in [2.05, 4.69) is 0 Å². The van der Waals surface area contributed by atoms with Gasteiger partial charge in [0.15, 0.2) is 5.78 Å². The van der Waals surface area contributed by atoms with Crippen molar-refractivity contribution in [1.82, 2.24) is 4.90 Å². The van der Waals surface area contributed by atoms with Crippen LogP contribution in [0, 0.1) is 0 Å². The summed E-state index contributed by atoms with van der Waals surface area (Å²) in [5, 5.41) is 9.91. The average molecular weight is 327 g/mol. The molecule has 1 atom stereocenters. The lowest BCUT2D eigenvalue weighted by atomic mass is 10.0. The zero-order chi connectivity index (χ0) is 17.4. The number of hydrogen-bond acceptors (Lipinski definition) is 4. The number of aliphatic hydroxyl groups excluding tert-OH is 1. The van der Waals surface area contributed by atoms with Crippen LogP contribution in [0.3, 0.4) is 0 Å². The predicted molar refractivity (Wildman–Crippen MR) is 95.6 cm³/mol. The molecule has 0 saturated heterocycles. The molecule has 4 nitrogen and oxygen atoms in total. The summed E-state index contributed by atoms with van der Waals surface area (Å²) in [7, 11) is 3.79. The average Bonchev–Trinajstić information content (AvgIpc) is 2.58. The van der Waals surface area contributed by atoms with Crippen molar-refractivity contribution in [2.75, 3.05) is 27.2 Å². The minimum atomic E-state index is -0.590. The summed E-state index contributed by atoms with van der Waals surface area (Å²) in [5.74, 6) is 0.588. The van der Waals surface area contributed by atoms with Crippen LogP contribution in [-0.4, -0.2) is 49.1 Å². The summed E-state index contributed by atoms with van der Waals surface area (Å²) in [4.78, 5) is 14.4. The molecule has 0 fully saturated rings. The highest BCUT2D eigenvalue weighted by Gasteiger charge is 2.14. The maximum absolute atomic E-state index is 12.5. The highest BCUT2D eigenvalue weighted by molar-refractivity contribution is 5.98. The van der Waals surface area contributed by atoms with Gasteiger partial charge in [-0.25, -0.2) is 0 Å². The van der Waals surface area contributed by atoms with Gasteiger partial charge in [-0.3, -0.25) is 4.79 Å². The highest BCUT2D eigenvalue weighted by Crippen LogP contribution is 2.21. The summed E-state index contributed by atoms with van der Waals surface area (Å²) in [6, 6.07) is 17.2. The van der Waals surface area contributed by atoms with Gasteiger partial charge in [0.2, 0.25) is 0 Å². The first-order valence-electron chi connectivity index (χ1n) is 8.18. The number of benzene rings is 2. The van der Waals surface area contributed by atoms with Crippen molar-refractivity contribution in [1.29, 1.82) is 0 Å². The number of hydrogen-bond donors (Lipinski definition) is 1. The standard InChI is InChI=1S/C20H25NO3/c1-21(2)14-17(22)15-24-20-11-7-6-10-18(20)19(23)13-12-16-8-4-3-5-9-16/h3-11,17,22H,12-15H2,1-2H3. The van der Waals surface area contributed by atoms with E-state index < -0.39 is 6.10 Å². The van der Waals surface area contributed by atoms with E-state index in [1.807, 2.05) is 61.5 Å². The van der Waals surface area contributed by atoms with Gasteiger partial charge in [-0.1, -0.05) is 42.5 Å². The van der Waals surface area contributed by atoms with Gasteiger partial charge in [0.1, 0.15) is 18.5 Å². The largest absolute Gasteiger partial charge is 0.490 e. The smallest absolute Gasteiger partial charge is 0.166 e. The van der Waals surface area contributed by atoms with Crippen LogP contribution >= 0.6 is 0 Å². The third kappa shape index (κ3) is 5.80. The maximum Gasteiger partial charge on any atom is 0.166 e. The first kappa shape index (κ1) is 18.2. The van der Waals surface area contributed by atoms with E-state index in [1.54, 1.807) is 12.1 Å². The molecule has 2 aromatic carbocycles. The molecule has 0 saturated carbocycles. The normalized spacial score (nSPS) is 12.2. The Labute approximate surface area is 143 Å². The van der Waals surface area contributed by atoms with Crippen LogP contribution in [0.15, 0.2) is 54.6 Å². The Balaban J connectivity index is 1.95. The van der Waals surface area contributed by atoms with Gasteiger partial charge in [-0.2, -0.15) is 0 Å². The summed E-state index contributed by atoms with van der Waals surface area (Å²) >= 11 is 0. The minimum Gasteiger partial charge on any atom is -0.490 e. The van der Waals surface area contributed by atoms with Crippen molar-refractivity contribution in [3.05, 3.63) is 65.7 Å². The molecule has 128 valence electrons. The molecule has 1 unspecified atom stereocenters. The molecule has 0 aromatic heterocycles. The van der Waals surface area contributed by atoms with E-state index in [0.29, 0.717) is 30.7 Å². The van der Waals surface area contributed by atoms with Crippen molar-refractivity contribution < 1.29 is 14.6 Å². The third-order valence-electron chi connectivity index (χ3n) is 3.68. The van der Waals surface area contributed by atoms with Crippen LogP contribution in [0.25, 0.3) is 0 Å². The van der Waals surface area contributed by atoms with Crippen molar-refractivity contribution in [3.8, 4) is 5.75 Å². The second kappa shape index (κ2) is 9.21. The molecule has 0 spiro atoms. The van der Waals surface area contributed by atoms with Gasteiger partial charge in [0.25, 0.3) is 0 Å². The van der Waals surface area contributed by atoms with Gasteiger partial charge < -0.3 is 14.7 Å². The molecule has 1 N–H and O–H groups in total. The first-order valence-corrected chi connectivity index (χ1v) is 8.18. The summed E-state index contributed by atoms with van der Waals surface area (Å²) in [6.45, 7) is 0.686. The fraction of sp³-hybridized carbons (Fsp3) is 0.350. The summed E-state index contributed by atoms with van der Waals surface area (Å²) < 4.78 is 5.68. The van der Waals surface area contributed by atoms with Crippen LogP contribution < -0.4 is 4.74 Å². The Morgan fingerprint density at radius 3 is 2.46 bits per heavy atom. The van der Waals surface area contributed by atoms with Gasteiger partial charge in [0.05, 0.1) is 5.56 Å². The van der Waals surface area contributed by atoms with Crippen LogP contribution in [0.2, 0.25) is 0 Å². The topological polar surface area (TPSA) is 49.8 Å². The lowest BCUT2D eigenvalue weighted by Gasteiger charge is -2.17. The Kier molecular flexibility index (Phi) is 6.97. The molecule has 4 heteroatoms. The molecule has 0 aliphatic carbocycles. The molecule has 0 aliphatic rings. The summed E-state index contributed by atoms with van der Waals surface area (Å²) in [6.07, 6.45) is 0.550. The minimum absolute atomic E-state index is 0.0524. The second-order valence-corrected chi connectivity index (χ2v) is 6.13. The molecule has 0 amide bonds. The quantitative estimate of drug-likeness (QED) is 0.720. The van der Waals surface area contributed by atoms with Crippen molar-refractivity contribution in [2.24, 2.45) is 0 Å². The van der Waals surface area contributed by atoms with Crippen LogP contribution in [0.1, 0.15) is 22.3 Å². The fourth-order valence-corrected chi connectivity index (χ4v) is 2.52. The Hall–Kier alpha value is -2.17. The van der Waals surface area contributed by atoms with Crippen molar-refractivity contribution in [3.63, 3.8) is 0 Å². The number of likely N-dealkylation sites (N-methyl/N-ethyl adjacent to an activating group) is 1. The number of ketones is 1. The number of carbonyl (C=O) groups is 1. The van der Waals surface area contributed by atoms with E-state index in [-0.39, 0.29) is 12.4 Å². The second-order valence-electron chi connectivity index (χ2n) is 6.13. The Morgan fingerprint density at radius 1 is 1.08 bits per heavy atom. The van der Waals surface area contributed by atoms with Gasteiger partial charge >= 0.3 is 0 Å². The van der Waals surface area contributed by atoms with Crippen LogP contribution in [0.4, 0.5) is 0 Å². The van der Waals surface area contributed by atoms with E-state index in [1.165, 1.54) is 0 Å². The lowest BCUT2D eigenvalue weighted by Crippen LogP contribution is -2.30. The Bertz CT molecular complexity index is 640. The van der Waals surface area contributed by atoms with Gasteiger partial charge in [0, 0.05) is 13.0 Å². The molecule has 0 aliphatic heterocycles. The maximum atomic E-state index is 12.5. The number of para-hydroxylation sites is 1. The third-order valence-corrected chi connectivity index (χ3v) is 3.68. The van der Waals surface area contributed by atoms with Crippen LogP contribution in [0.5, 0.6) is 5.75 Å². The van der Waals surface area contributed by atoms with Gasteiger partial charge in [-0.15, -0.1) is 0 Å². The molecule has 0 radical (unpaired) electrons. The zero-order valence-corrected chi connectivity index (χ0v) is 14.3. The number of Topliss-reactive ketones (excluding diaryl/α,β-unsaturated/α-hetero) is 1. The Morgan fingerprint density at radius 2 is 1.75 bits per heavy atom. The first-order chi connectivity index (χ1) is 11.6. The summed E-state index contributed by atoms with van der Waals surface area (Å²) in [5.41, 5.74) is 1.72. The van der Waals surface area contributed by atoms with Crippen LogP contribution in [-0.2, 0) is 6.42 Å². The number of rotatable bonds is 9. The number of nitrogens with zero attached hydrogens (tertiary/aromatic N) is 1. The van der Waals surface area contributed by atoms with E-state index >= 15 is 0 Å². The van der Waals surface area contributed by atoms with Crippen molar-refractivity contribution >= 4 is 5.78 Å². The molecule has 0 heterocycles. The van der Waals surface area contributed by atoms with Gasteiger partial charge in [-0.05, 0) is 38.2 Å². The van der Waals surface area contributed by atoms with E-state index in [9.17, 15) is 9.90 Å². The zero-order valence-electron chi connectivity index (χ0n) is 14.3. The predicted octanol–water partition coefficient (Wildman–Crippen LogP) is 2.80. The highest BCUT2D eigenvalue weighted by atomic mass is 16.5.